The molecule has 0 aliphatic carbocycles. The molecule has 16 heavy (non-hydrogen) atoms. The van der Waals surface area contributed by atoms with E-state index >= 15 is 0 Å². The van der Waals surface area contributed by atoms with Crippen molar-refractivity contribution in [2.75, 3.05) is 19.8 Å². The fraction of sp³-hybridized carbons (Fsp3) is 1.00. The lowest BCUT2D eigenvalue weighted by Gasteiger charge is -2.22. The number of rotatable bonds is 7. The van der Waals surface area contributed by atoms with Crippen LogP contribution in [0.2, 0.25) is 0 Å². The lowest BCUT2D eigenvalue weighted by molar-refractivity contribution is 0.00248. The summed E-state index contributed by atoms with van der Waals surface area (Å²) in [5.41, 5.74) is 0. The maximum absolute atomic E-state index is 9.66. The van der Waals surface area contributed by atoms with Crippen molar-refractivity contribution < 1.29 is 14.6 Å². The summed E-state index contributed by atoms with van der Waals surface area (Å²) in [5.74, 6) is 0. The molecule has 1 rings (SSSR count). The molecule has 3 unspecified atom stereocenters. The summed E-state index contributed by atoms with van der Waals surface area (Å²) in [6.07, 6.45) is 2.30. The topological polar surface area (TPSA) is 50.7 Å². The van der Waals surface area contributed by atoms with E-state index in [2.05, 4.69) is 12.2 Å². The molecule has 0 spiro atoms. The number of hydrogen-bond acceptors (Lipinski definition) is 4. The van der Waals surface area contributed by atoms with Gasteiger partial charge in [0.15, 0.2) is 0 Å². The smallest absolute Gasteiger partial charge is 0.0897 e. The van der Waals surface area contributed by atoms with Gasteiger partial charge in [-0.2, -0.15) is 0 Å². The molecule has 1 fully saturated rings. The zero-order valence-electron chi connectivity index (χ0n) is 10.6. The maximum Gasteiger partial charge on any atom is 0.0897 e. The molecule has 1 aliphatic rings. The summed E-state index contributed by atoms with van der Waals surface area (Å²) >= 11 is 0. The predicted octanol–water partition coefficient (Wildman–Crippen LogP) is 0.929. The van der Waals surface area contributed by atoms with E-state index in [0.717, 1.165) is 19.4 Å². The van der Waals surface area contributed by atoms with Gasteiger partial charge in [-0.05, 0) is 33.6 Å². The second-order valence-electron chi connectivity index (χ2n) is 4.78. The third kappa shape index (κ3) is 5.25. The van der Waals surface area contributed by atoms with Gasteiger partial charge in [-0.25, -0.2) is 0 Å². The van der Waals surface area contributed by atoms with Crippen molar-refractivity contribution in [2.45, 2.75) is 58.0 Å². The van der Waals surface area contributed by atoms with Gasteiger partial charge in [0.1, 0.15) is 0 Å². The Bertz CT molecular complexity index is 181. The average Bonchev–Trinajstić information content (AvgIpc) is 2.76. The molecule has 4 nitrogen and oxygen atoms in total. The van der Waals surface area contributed by atoms with Crippen LogP contribution in [0.3, 0.4) is 0 Å². The Morgan fingerprint density at radius 2 is 2.19 bits per heavy atom. The highest BCUT2D eigenvalue weighted by atomic mass is 16.5. The molecule has 1 aliphatic heterocycles. The van der Waals surface area contributed by atoms with Gasteiger partial charge in [-0.15, -0.1) is 0 Å². The van der Waals surface area contributed by atoms with Crippen molar-refractivity contribution in [1.82, 2.24) is 5.32 Å². The molecule has 0 saturated carbocycles. The Labute approximate surface area is 98.3 Å². The monoisotopic (exact) mass is 231 g/mol. The highest BCUT2D eigenvalue weighted by molar-refractivity contribution is 4.77. The largest absolute Gasteiger partial charge is 0.389 e. The van der Waals surface area contributed by atoms with Crippen molar-refractivity contribution in [3.05, 3.63) is 0 Å². The Hall–Kier alpha value is -0.160. The first-order chi connectivity index (χ1) is 7.59. The molecule has 0 amide bonds. The zero-order valence-corrected chi connectivity index (χ0v) is 10.6. The minimum atomic E-state index is -0.439. The number of hydrogen-bond donors (Lipinski definition) is 2. The van der Waals surface area contributed by atoms with E-state index in [-0.39, 0.29) is 6.10 Å². The zero-order chi connectivity index (χ0) is 12.0. The predicted molar refractivity (Wildman–Crippen MR) is 63.5 cm³/mol. The second kappa shape index (κ2) is 7.22. The van der Waals surface area contributed by atoms with Crippen LogP contribution in [0.25, 0.3) is 0 Å². The first-order valence-electron chi connectivity index (χ1n) is 6.24. The van der Waals surface area contributed by atoms with Crippen molar-refractivity contribution in [2.24, 2.45) is 0 Å². The fourth-order valence-electron chi connectivity index (χ4n) is 1.81. The van der Waals surface area contributed by atoms with Crippen molar-refractivity contribution in [3.8, 4) is 0 Å². The van der Waals surface area contributed by atoms with Crippen LogP contribution >= 0.6 is 0 Å². The van der Waals surface area contributed by atoms with Crippen LogP contribution < -0.4 is 5.32 Å². The number of aliphatic hydroxyl groups is 1. The minimum Gasteiger partial charge on any atom is -0.389 e. The van der Waals surface area contributed by atoms with Gasteiger partial charge in [-0.3, -0.25) is 0 Å². The molecule has 3 atom stereocenters. The minimum absolute atomic E-state index is 0.172. The Morgan fingerprint density at radius 1 is 1.44 bits per heavy atom. The van der Waals surface area contributed by atoms with E-state index in [1.54, 1.807) is 0 Å². The molecule has 96 valence electrons. The lowest BCUT2D eigenvalue weighted by atomic mass is 10.1. The number of nitrogens with one attached hydrogen (secondary N) is 1. The fourth-order valence-corrected chi connectivity index (χ4v) is 1.81. The third-order valence-electron chi connectivity index (χ3n) is 2.82. The molecular weight excluding hydrogens is 206 g/mol. The van der Waals surface area contributed by atoms with E-state index in [0.29, 0.717) is 25.3 Å². The van der Waals surface area contributed by atoms with Crippen LogP contribution in [-0.4, -0.2) is 49.2 Å². The Morgan fingerprint density at radius 3 is 2.75 bits per heavy atom. The highest BCUT2D eigenvalue weighted by Crippen LogP contribution is 2.15. The lowest BCUT2D eigenvalue weighted by Crippen LogP contribution is -2.42. The van der Waals surface area contributed by atoms with Crippen molar-refractivity contribution in [1.29, 1.82) is 0 Å². The average molecular weight is 231 g/mol. The van der Waals surface area contributed by atoms with Crippen LogP contribution in [0, 0.1) is 0 Å². The van der Waals surface area contributed by atoms with Gasteiger partial charge in [0, 0.05) is 19.2 Å². The van der Waals surface area contributed by atoms with Gasteiger partial charge in [0.25, 0.3) is 0 Å². The molecule has 1 saturated heterocycles. The Balaban J connectivity index is 2.08. The SMILES string of the molecule is CC(C)OCC(O)CNC(C)C1CCCO1. The van der Waals surface area contributed by atoms with Crippen LogP contribution in [-0.2, 0) is 9.47 Å². The summed E-state index contributed by atoms with van der Waals surface area (Å²) in [5, 5.41) is 13.0. The van der Waals surface area contributed by atoms with E-state index < -0.39 is 6.10 Å². The second-order valence-corrected chi connectivity index (χ2v) is 4.78. The Kier molecular flexibility index (Phi) is 6.28. The third-order valence-corrected chi connectivity index (χ3v) is 2.82. The molecule has 0 radical (unpaired) electrons. The van der Waals surface area contributed by atoms with Crippen molar-refractivity contribution in [3.63, 3.8) is 0 Å². The molecule has 0 aromatic rings. The quantitative estimate of drug-likeness (QED) is 0.684. The van der Waals surface area contributed by atoms with E-state index in [9.17, 15) is 5.11 Å². The molecule has 0 aromatic carbocycles. The summed E-state index contributed by atoms with van der Waals surface area (Å²) in [4.78, 5) is 0. The summed E-state index contributed by atoms with van der Waals surface area (Å²) in [6.45, 7) is 7.86. The molecule has 0 bridgehead atoms. The van der Waals surface area contributed by atoms with Gasteiger partial charge in [0.05, 0.1) is 24.9 Å². The van der Waals surface area contributed by atoms with Gasteiger partial charge in [0.2, 0.25) is 0 Å². The van der Waals surface area contributed by atoms with Crippen LogP contribution in [0.5, 0.6) is 0 Å². The standard InChI is InChI=1S/C12H25NO3/c1-9(2)16-8-11(14)7-13-10(3)12-5-4-6-15-12/h9-14H,4-8H2,1-3H3. The van der Waals surface area contributed by atoms with Gasteiger partial charge in [-0.1, -0.05) is 0 Å². The van der Waals surface area contributed by atoms with Crippen LogP contribution in [0.1, 0.15) is 33.6 Å². The van der Waals surface area contributed by atoms with Crippen LogP contribution in [0.4, 0.5) is 0 Å². The highest BCUT2D eigenvalue weighted by Gasteiger charge is 2.22. The van der Waals surface area contributed by atoms with Crippen molar-refractivity contribution >= 4 is 0 Å². The number of ether oxygens (including phenoxy) is 2. The molecule has 2 N–H and O–H groups in total. The van der Waals surface area contributed by atoms with Crippen LogP contribution in [0.15, 0.2) is 0 Å². The molecule has 4 heteroatoms. The summed E-state index contributed by atoms with van der Waals surface area (Å²) < 4.78 is 10.9. The first kappa shape index (κ1) is 13.9. The molecule has 1 heterocycles. The van der Waals surface area contributed by atoms with E-state index in [1.807, 2.05) is 13.8 Å². The summed E-state index contributed by atoms with van der Waals surface area (Å²) in [6, 6.07) is 0.302. The van der Waals surface area contributed by atoms with E-state index in [4.69, 9.17) is 9.47 Å². The normalized spacial score (nSPS) is 24.9. The molecule has 0 aromatic heterocycles. The first-order valence-corrected chi connectivity index (χ1v) is 6.24. The summed E-state index contributed by atoms with van der Waals surface area (Å²) in [7, 11) is 0. The van der Waals surface area contributed by atoms with Gasteiger partial charge >= 0.3 is 0 Å². The molecular formula is C12H25NO3. The van der Waals surface area contributed by atoms with Gasteiger partial charge < -0.3 is 19.9 Å². The number of aliphatic hydroxyl groups excluding tert-OH is 1. The van der Waals surface area contributed by atoms with E-state index in [1.165, 1.54) is 0 Å². The maximum atomic E-state index is 9.66.